The predicted molar refractivity (Wildman–Crippen MR) is 63.2 cm³/mol. The van der Waals surface area contributed by atoms with Crippen LogP contribution in [0.1, 0.15) is 19.3 Å². The van der Waals surface area contributed by atoms with Gasteiger partial charge in [0.05, 0.1) is 17.9 Å². The van der Waals surface area contributed by atoms with Crippen LogP contribution < -0.4 is 5.32 Å². The summed E-state index contributed by atoms with van der Waals surface area (Å²) in [4.78, 5) is 32.7. The maximum atomic E-state index is 11.5. The minimum Gasteiger partial charge on any atom is -0.481 e. The molecule has 1 unspecified atom stereocenters. The molecule has 3 N–H and O–H groups in total. The lowest BCUT2D eigenvalue weighted by molar-refractivity contribution is -0.147. The number of aliphatic carboxylic acids is 2. The Morgan fingerprint density at radius 1 is 1.26 bits per heavy atom. The largest absolute Gasteiger partial charge is 0.481 e. The Balaban J connectivity index is 2.49. The summed E-state index contributed by atoms with van der Waals surface area (Å²) in [6.45, 7) is 0. The number of sulfone groups is 1. The summed E-state index contributed by atoms with van der Waals surface area (Å²) in [5.74, 6) is -3.80. The summed E-state index contributed by atoms with van der Waals surface area (Å²) in [6, 6.07) is -1.50. The first-order chi connectivity index (χ1) is 8.69. The zero-order valence-electron chi connectivity index (χ0n) is 10.0. The van der Waals surface area contributed by atoms with Gasteiger partial charge in [-0.05, 0) is 12.3 Å². The first kappa shape index (κ1) is 15.4. The lowest BCUT2D eigenvalue weighted by Gasteiger charge is -2.14. The van der Waals surface area contributed by atoms with E-state index in [9.17, 15) is 22.8 Å². The van der Waals surface area contributed by atoms with Crippen molar-refractivity contribution in [3.63, 3.8) is 0 Å². The second-order valence-corrected chi connectivity index (χ2v) is 6.76. The highest BCUT2D eigenvalue weighted by atomic mass is 32.2. The molecule has 0 spiro atoms. The molecule has 1 fully saturated rings. The van der Waals surface area contributed by atoms with Gasteiger partial charge in [-0.1, -0.05) is 0 Å². The van der Waals surface area contributed by atoms with Crippen molar-refractivity contribution in [3.05, 3.63) is 0 Å². The summed E-state index contributed by atoms with van der Waals surface area (Å²) < 4.78 is 22.4. The maximum absolute atomic E-state index is 11.5. The molecule has 19 heavy (non-hydrogen) atoms. The van der Waals surface area contributed by atoms with E-state index in [1.54, 1.807) is 0 Å². The number of carboxylic acids is 2. The van der Waals surface area contributed by atoms with E-state index >= 15 is 0 Å². The minimum atomic E-state index is -3.10. The molecule has 9 heteroatoms. The summed E-state index contributed by atoms with van der Waals surface area (Å²) in [7, 11) is -3.10. The van der Waals surface area contributed by atoms with Crippen LogP contribution in [0.25, 0.3) is 0 Å². The van der Waals surface area contributed by atoms with Crippen molar-refractivity contribution in [2.75, 3.05) is 11.5 Å². The molecule has 0 aromatic carbocycles. The lowest BCUT2D eigenvalue weighted by atomic mass is 10.0. The first-order valence-corrected chi connectivity index (χ1v) is 7.46. The molecule has 0 aromatic heterocycles. The van der Waals surface area contributed by atoms with Crippen LogP contribution in [0.15, 0.2) is 0 Å². The number of amides is 1. The van der Waals surface area contributed by atoms with E-state index in [2.05, 4.69) is 5.32 Å². The van der Waals surface area contributed by atoms with Crippen LogP contribution in [-0.4, -0.2) is 54.0 Å². The number of hydrogen-bond donors (Lipinski definition) is 3. The van der Waals surface area contributed by atoms with Crippen LogP contribution in [0.5, 0.6) is 0 Å². The van der Waals surface area contributed by atoms with Crippen LogP contribution in [0.3, 0.4) is 0 Å². The Morgan fingerprint density at radius 3 is 2.32 bits per heavy atom. The molecule has 1 aliphatic rings. The Hall–Kier alpha value is -1.64. The third-order valence-corrected chi connectivity index (χ3v) is 4.65. The van der Waals surface area contributed by atoms with Crippen molar-refractivity contribution in [1.82, 2.24) is 5.32 Å². The fourth-order valence-corrected chi connectivity index (χ4v) is 3.79. The van der Waals surface area contributed by atoms with E-state index < -0.39 is 40.1 Å². The molecular formula is C10H15NO7S. The standard InChI is InChI=1S/C10H15NO7S/c12-8(3-6-1-2-19(17,18)5-6)11-7(10(15)16)4-9(13)14/h6-7H,1-5H2,(H,11,12)(H,13,14)(H,15,16)/t6?,7-/m0/s1. The Labute approximate surface area is 109 Å². The van der Waals surface area contributed by atoms with Gasteiger partial charge in [0, 0.05) is 6.42 Å². The summed E-state index contributed by atoms with van der Waals surface area (Å²) in [5.41, 5.74) is 0. The van der Waals surface area contributed by atoms with Gasteiger partial charge >= 0.3 is 11.9 Å². The number of carboxylic acid groups (broad SMARTS) is 2. The average molecular weight is 293 g/mol. The van der Waals surface area contributed by atoms with Crippen LogP contribution >= 0.6 is 0 Å². The number of nitrogens with one attached hydrogen (secondary N) is 1. The molecule has 0 bridgehead atoms. The molecule has 108 valence electrons. The summed E-state index contributed by atoms with van der Waals surface area (Å²) in [5, 5.41) is 19.3. The molecular weight excluding hydrogens is 278 g/mol. The molecule has 1 saturated heterocycles. The van der Waals surface area contributed by atoms with Crippen molar-refractivity contribution in [2.24, 2.45) is 5.92 Å². The van der Waals surface area contributed by atoms with E-state index in [1.165, 1.54) is 0 Å². The van der Waals surface area contributed by atoms with Crippen molar-refractivity contribution in [1.29, 1.82) is 0 Å². The van der Waals surface area contributed by atoms with E-state index in [0.717, 1.165) is 0 Å². The minimum absolute atomic E-state index is 0.0302. The topological polar surface area (TPSA) is 138 Å². The highest BCUT2D eigenvalue weighted by molar-refractivity contribution is 7.91. The molecule has 8 nitrogen and oxygen atoms in total. The van der Waals surface area contributed by atoms with Crippen molar-refractivity contribution >= 4 is 27.7 Å². The van der Waals surface area contributed by atoms with Gasteiger partial charge in [-0.15, -0.1) is 0 Å². The van der Waals surface area contributed by atoms with Crippen LogP contribution in [0.4, 0.5) is 0 Å². The van der Waals surface area contributed by atoms with E-state index in [0.29, 0.717) is 6.42 Å². The molecule has 1 aliphatic heterocycles. The molecule has 1 heterocycles. The van der Waals surface area contributed by atoms with Crippen LogP contribution in [0.2, 0.25) is 0 Å². The van der Waals surface area contributed by atoms with E-state index in [1.807, 2.05) is 0 Å². The zero-order valence-corrected chi connectivity index (χ0v) is 10.9. The highest BCUT2D eigenvalue weighted by Crippen LogP contribution is 2.21. The second-order valence-electron chi connectivity index (χ2n) is 4.53. The van der Waals surface area contributed by atoms with Gasteiger partial charge in [-0.3, -0.25) is 9.59 Å². The molecule has 0 radical (unpaired) electrons. The zero-order chi connectivity index (χ0) is 14.6. The fourth-order valence-electron chi connectivity index (χ4n) is 1.92. The van der Waals surface area contributed by atoms with Gasteiger partial charge in [0.2, 0.25) is 5.91 Å². The highest BCUT2D eigenvalue weighted by Gasteiger charge is 2.31. The Morgan fingerprint density at radius 2 is 1.89 bits per heavy atom. The monoisotopic (exact) mass is 293 g/mol. The van der Waals surface area contributed by atoms with Gasteiger partial charge in [0.1, 0.15) is 6.04 Å². The third kappa shape index (κ3) is 5.25. The Kier molecular flexibility index (Phi) is 4.87. The number of carbonyl (C=O) groups excluding carboxylic acids is 1. The molecule has 0 aromatic rings. The molecule has 2 atom stereocenters. The van der Waals surface area contributed by atoms with Crippen LogP contribution in [-0.2, 0) is 24.2 Å². The Bertz CT molecular complexity index is 484. The van der Waals surface area contributed by atoms with E-state index in [4.69, 9.17) is 10.2 Å². The summed E-state index contributed by atoms with van der Waals surface area (Å²) >= 11 is 0. The third-order valence-electron chi connectivity index (χ3n) is 2.81. The van der Waals surface area contributed by atoms with Crippen LogP contribution in [0, 0.1) is 5.92 Å². The van der Waals surface area contributed by atoms with Crippen molar-refractivity contribution in [2.45, 2.75) is 25.3 Å². The van der Waals surface area contributed by atoms with E-state index in [-0.39, 0.29) is 23.8 Å². The normalized spacial score (nSPS) is 22.6. The predicted octanol–water partition coefficient (Wildman–Crippen LogP) is -1.14. The molecule has 1 rings (SSSR count). The van der Waals surface area contributed by atoms with Gasteiger partial charge in [-0.2, -0.15) is 0 Å². The average Bonchev–Trinajstić information content (AvgIpc) is 2.56. The van der Waals surface area contributed by atoms with Crippen molar-refractivity contribution in [3.8, 4) is 0 Å². The molecule has 0 saturated carbocycles. The van der Waals surface area contributed by atoms with Gasteiger partial charge in [0.15, 0.2) is 9.84 Å². The lowest BCUT2D eigenvalue weighted by Crippen LogP contribution is -2.42. The summed E-state index contributed by atoms with van der Waals surface area (Å²) in [6.07, 6.45) is -0.459. The quantitative estimate of drug-likeness (QED) is 0.562. The first-order valence-electron chi connectivity index (χ1n) is 5.64. The number of carbonyl (C=O) groups is 3. The SMILES string of the molecule is O=C(O)C[C@H](NC(=O)CC1CCS(=O)(=O)C1)C(=O)O. The second kappa shape index (κ2) is 6.00. The molecule has 1 amide bonds. The number of hydrogen-bond acceptors (Lipinski definition) is 5. The van der Waals surface area contributed by atoms with Crippen molar-refractivity contribution < 1.29 is 33.0 Å². The molecule has 0 aliphatic carbocycles. The van der Waals surface area contributed by atoms with Gasteiger partial charge < -0.3 is 15.5 Å². The fraction of sp³-hybridized carbons (Fsp3) is 0.700. The smallest absolute Gasteiger partial charge is 0.326 e. The number of rotatable bonds is 6. The maximum Gasteiger partial charge on any atom is 0.326 e. The van der Waals surface area contributed by atoms with Gasteiger partial charge in [0.25, 0.3) is 0 Å². The van der Waals surface area contributed by atoms with Gasteiger partial charge in [-0.25, -0.2) is 13.2 Å².